The Bertz CT molecular complexity index is 855. The van der Waals surface area contributed by atoms with Crippen LogP contribution < -0.4 is 10.6 Å². The van der Waals surface area contributed by atoms with Gasteiger partial charge in [-0.15, -0.1) is 0 Å². The molecule has 6 N–H and O–H groups in total. The van der Waals surface area contributed by atoms with Gasteiger partial charge in [0.2, 0.25) is 11.8 Å². The number of rotatable bonds is 4. The van der Waals surface area contributed by atoms with Gasteiger partial charge >= 0.3 is 11.9 Å². The number of aromatic hydroxyl groups is 2. The third-order valence-electron chi connectivity index (χ3n) is 3.10. The van der Waals surface area contributed by atoms with E-state index in [1.807, 2.05) is 0 Å². The number of aromatic carboxylic acids is 2. The molecular formula is C18H18CuN2O8. The standard InChI is InChI=1S/2C9H9NO4.Cu/c2*1-5(11)10-6-2-3-7(9(13)14)8(12)4-6;/h2*2-4,12H,1H3,(H,10,11)(H,13,14);. The number of hydrogen-bond donors (Lipinski definition) is 6. The van der Waals surface area contributed by atoms with Crippen molar-refractivity contribution in [2.75, 3.05) is 10.6 Å². The van der Waals surface area contributed by atoms with E-state index in [0.29, 0.717) is 11.4 Å². The molecule has 159 valence electrons. The number of anilines is 2. The van der Waals surface area contributed by atoms with Gasteiger partial charge in [0.05, 0.1) is 0 Å². The van der Waals surface area contributed by atoms with Gasteiger partial charge in [0.15, 0.2) is 0 Å². The summed E-state index contributed by atoms with van der Waals surface area (Å²) >= 11 is 0. The number of carboxylic acid groups (broad SMARTS) is 2. The maximum Gasteiger partial charge on any atom is 0.339 e. The van der Waals surface area contributed by atoms with Crippen LogP contribution in [0.25, 0.3) is 0 Å². The Morgan fingerprint density at radius 1 is 0.690 bits per heavy atom. The molecule has 0 bridgehead atoms. The van der Waals surface area contributed by atoms with Crippen LogP contribution in [0.2, 0.25) is 0 Å². The predicted octanol–water partition coefficient (Wildman–Crippen LogP) is 2.10. The van der Waals surface area contributed by atoms with Gasteiger partial charge in [-0.3, -0.25) is 9.59 Å². The van der Waals surface area contributed by atoms with E-state index in [2.05, 4.69) is 10.6 Å². The molecule has 0 saturated carbocycles. The van der Waals surface area contributed by atoms with E-state index in [1.165, 1.54) is 50.2 Å². The monoisotopic (exact) mass is 453 g/mol. The number of phenols is 2. The minimum Gasteiger partial charge on any atom is -0.507 e. The zero-order valence-electron chi connectivity index (χ0n) is 15.2. The van der Waals surface area contributed by atoms with Gasteiger partial charge in [-0.2, -0.15) is 0 Å². The van der Waals surface area contributed by atoms with Gasteiger partial charge in [0.25, 0.3) is 0 Å². The Balaban J connectivity index is 0.000000523. The Morgan fingerprint density at radius 2 is 1.00 bits per heavy atom. The van der Waals surface area contributed by atoms with Crippen molar-refractivity contribution in [3.05, 3.63) is 47.5 Å². The Kier molecular flexibility index (Phi) is 9.93. The van der Waals surface area contributed by atoms with E-state index in [1.54, 1.807) is 0 Å². The van der Waals surface area contributed by atoms with Gasteiger partial charge in [0.1, 0.15) is 22.6 Å². The van der Waals surface area contributed by atoms with E-state index in [9.17, 15) is 29.4 Å². The summed E-state index contributed by atoms with van der Waals surface area (Å²) in [5.41, 5.74) is 0.332. The van der Waals surface area contributed by atoms with E-state index in [-0.39, 0.29) is 51.5 Å². The summed E-state index contributed by atoms with van der Waals surface area (Å²) in [4.78, 5) is 42.3. The minimum atomic E-state index is -1.21. The molecule has 0 aliphatic rings. The minimum absolute atomic E-state index is 0. The fourth-order valence-corrected chi connectivity index (χ4v) is 1.99. The quantitative estimate of drug-likeness (QED) is 0.381. The van der Waals surface area contributed by atoms with E-state index in [4.69, 9.17) is 10.2 Å². The first-order valence-corrected chi connectivity index (χ1v) is 7.69. The molecule has 1 radical (unpaired) electrons. The van der Waals surface area contributed by atoms with Crippen molar-refractivity contribution >= 4 is 35.1 Å². The van der Waals surface area contributed by atoms with Crippen LogP contribution >= 0.6 is 0 Å². The van der Waals surface area contributed by atoms with Gasteiger partial charge in [0, 0.05) is 54.4 Å². The van der Waals surface area contributed by atoms with Gasteiger partial charge < -0.3 is 31.1 Å². The van der Waals surface area contributed by atoms with Crippen LogP contribution in [-0.4, -0.2) is 44.2 Å². The maximum atomic E-state index is 10.6. The normalized spacial score (nSPS) is 9.17. The van der Waals surface area contributed by atoms with Gasteiger partial charge in [-0.1, -0.05) is 0 Å². The predicted molar refractivity (Wildman–Crippen MR) is 98.7 cm³/mol. The second-order valence-electron chi connectivity index (χ2n) is 5.44. The van der Waals surface area contributed by atoms with Gasteiger partial charge in [-0.25, -0.2) is 9.59 Å². The molecule has 2 rings (SSSR count). The largest absolute Gasteiger partial charge is 0.507 e. The molecule has 2 aromatic rings. The molecule has 2 amide bonds. The van der Waals surface area contributed by atoms with Crippen molar-refractivity contribution in [3.8, 4) is 11.5 Å². The van der Waals surface area contributed by atoms with Crippen LogP contribution in [0.3, 0.4) is 0 Å². The second-order valence-corrected chi connectivity index (χ2v) is 5.44. The molecule has 0 aliphatic carbocycles. The van der Waals surface area contributed by atoms with Crippen molar-refractivity contribution in [2.45, 2.75) is 13.8 Å². The summed E-state index contributed by atoms with van der Waals surface area (Å²) < 4.78 is 0. The zero-order valence-corrected chi connectivity index (χ0v) is 16.1. The number of hydrogen-bond acceptors (Lipinski definition) is 6. The zero-order chi connectivity index (χ0) is 21.4. The number of nitrogens with one attached hydrogen (secondary N) is 2. The van der Waals surface area contributed by atoms with Crippen molar-refractivity contribution in [1.82, 2.24) is 0 Å². The van der Waals surface area contributed by atoms with Crippen LogP contribution in [0, 0.1) is 0 Å². The average Bonchev–Trinajstić information content (AvgIpc) is 2.53. The molecule has 0 heterocycles. The SMILES string of the molecule is CC(=O)Nc1ccc(C(=O)O)c(O)c1.CC(=O)Nc1ccc(C(=O)O)c(O)c1.[Cu]. The maximum absolute atomic E-state index is 10.6. The molecule has 0 fully saturated rings. The average molecular weight is 454 g/mol. The summed E-state index contributed by atoms with van der Waals surface area (Å²) in [6.45, 7) is 2.64. The summed E-state index contributed by atoms with van der Waals surface area (Å²) in [5, 5.41) is 40.5. The molecule has 0 aliphatic heterocycles. The van der Waals surface area contributed by atoms with E-state index >= 15 is 0 Å². The number of carbonyl (C=O) groups excluding carboxylic acids is 2. The molecule has 0 atom stereocenters. The topological polar surface area (TPSA) is 173 Å². The third kappa shape index (κ3) is 8.33. The number of benzene rings is 2. The first-order chi connectivity index (χ1) is 13.0. The second kappa shape index (κ2) is 11.3. The molecular weight excluding hydrogens is 436 g/mol. The third-order valence-corrected chi connectivity index (χ3v) is 3.10. The summed E-state index contributed by atoms with van der Waals surface area (Å²) in [7, 11) is 0. The summed E-state index contributed by atoms with van der Waals surface area (Å²) in [6, 6.07) is 7.64. The Labute approximate surface area is 175 Å². The van der Waals surface area contributed by atoms with Crippen LogP contribution in [0.5, 0.6) is 11.5 Å². The van der Waals surface area contributed by atoms with Crippen LogP contribution in [-0.2, 0) is 26.7 Å². The smallest absolute Gasteiger partial charge is 0.339 e. The molecule has 0 saturated heterocycles. The van der Waals surface area contributed by atoms with E-state index < -0.39 is 11.9 Å². The van der Waals surface area contributed by atoms with Crippen molar-refractivity contribution in [1.29, 1.82) is 0 Å². The van der Waals surface area contributed by atoms with Crippen LogP contribution in [0.4, 0.5) is 11.4 Å². The summed E-state index contributed by atoms with van der Waals surface area (Å²) in [6.07, 6.45) is 0. The number of amides is 2. The molecule has 29 heavy (non-hydrogen) atoms. The van der Waals surface area contributed by atoms with Crippen molar-refractivity contribution in [2.24, 2.45) is 0 Å². The van der Waals surface area contributed by atoms with Crippen LogP contribution in [0.15, 0.2) is 36.4 Å². The molecule has 11 heteroatoms. The molecule has 0 unspecified atom stereocenters. The fourth-order valence-electron chi connectivity index (χ4n) is 1.99. The molecule has 10 nitrogen and oxygen atoms in total. The van der Waals surface area contributed by atoms with Crippen molar-refractivity contribution < 1.29 is 56.7 Å². The Hall–Kier alpha value is -3.56. The first-order valence-electron chi connectivity index (χ1n) is 7.69. The van der Waals surface area contributed by atoms with Gasteiger partial charge in [-0.05, 0) is 24.3 Å². The number of carboxylic acids is 2. The molecule has 2 aromatic carbocycles. The first kappa shape index (κ1) is 25.4. The van der Waals surface area contributed by atoms with Crippen LogP contribution in [0.1, 0.15) is 34.6 Å². The Morgan fingerprint density at radius 3 is 1.21 bits per heavy atom. The summed E-state index contributed by atoms with van der Waals surface area (Å²) in [5.74, 6) is -3.73. The fraction of sp³-hybridized carbons (Fsp3) is 0.111. The van der Waals surface area contributed by atoms with Crippen molar-refractivity contribution in [3.63, 3.8) is 0 Å². The number of carbonyl (C=O) groups is 4. The molecule has 0 aromatic heterocycles. The van der Waals surface area contributed by atoms with E-state index in [0.717, 1.165) is 0 Å². The molecule has 0 spiro atoms.